The summed E-state index contributed by atoms with van der Waals surface area (Å²) in [6.45, 7) is 5.04. The van der Waals surface area contributed by atoms with Crippen molar-refractivity contribution < 1.29 is 4.74 Å². The molecule has 1 atom stereocenters. The molecule has 0 aromatic rings. The van der Waals surface area contributed by atoms with Gasteiger partial charge in [0.05, 0.1) is 6.61 Å². The van der Waals surface area contributed by atoms with E-state index in [1.165, 1.54) is 0 Å². The van der Waals surface area contributed by atoms with Crippen LogP contribution >= 0.6 is 0 Å². The maximum atomic E-state index is 5.21. The highest BCUT2D eigenvalue weighted by molar-refractivity contribution is 4.92. The Morgan fingerprint density at radius 1 is 1.60 bits per heavy atom. The smallest absolute Gasteiger partial charge is 0.0525 e. The predicted octanol–water partition coefficient (Wildman–Crippen LogP) is 2.07. The lowest BCUT2D eigenvalue weighted by molar-refractivity contribution is 0.0924. The lowest BCUT2D eigenvalue weighted by Gasteiger charge is -2.24. The van der Waals surface area contributed by atoms with Crippen molar-refractivity contribution in [2.24, 2.45) is 5.41 Å². The molecule has 1 nitrogen and oxygen atoms in total. The Hall–Kier alpha value is -0.480. The Balaban J connectivity index is 3.84. The van der Waals surface area contributed by atoms with E-state index in [1.54, 1.807) is 7.11 Å². The maximum absolute atomic E-state index is 5.21. The molecule has 0 amide bonds. The Bertz CT molecular complexity index is 123. The number of ether oxygens (including phenoxy) is 1. The molecule has 0 bridgehead atoms. The quantitative estimate of drug-likeness (QED) is 0.543. The molecule has 0 rings (SSSR count). The highest BCUT2D eigenvalue weighted by atomic mass is 16.5. The summed E-state index contributed by atoms with van der Waals surface area (Å²) in [6.07, 6.45) is 7.09. The van der Waals surface area contributed by atoms with Crippen LogP contribution < -0.4 is 0 Å². The molecule has 10 heavy (non-hydrogen) atoms. The minimum Gasteiger partial charge on any atom is -0.384 e. The Labute approximate surface area is 63.8 Å². The van der Waals surface area contributed by atoms with Crippen LogP contribution in [0.25, 0.3) is 0 Å². The van der Waals surface area contributed by atoms with Crippen LogP contribution in [0, 0.1) is 17.8 Å². The van der Waals surface area contributed by atoms with E-state index < -0.39 is 0 Å². The lowest BCUT2D eigenvalue weighted by Crippen LogP contribution is -2.20. The van der Waals surface area contributed by atoms with E-state index in [9.17, 15) is 0 Å². The van der Waals surface area contributed by atoms with Gasteiger partial charge in [-0.2, -0.15) is 0 Å². The Morgan fingerprint density at radius 3 is 2.50 bits per heavy atom. The number of methoxy groups -OCH3 is 1. The van der Waals surface area contributed by atoms with Crippen molar-refractivity contribution in [3.05, 3.63) is 0 Å². The molecule has 1 heteroatoms. The second-order valence-electron chi connectivity index (χ2n) is 2.98. The number of terminal acetylenes is 1. The monoisotopic (exact) mass is 140 g/mol. The molecule has 0 aliphatic rings. The number of hydrogen-bond donors (Lipinski definition) is 0. The van der Waals surface area contributed by atoms with Crippen LogP contribution in [0.3, 0.4) is 0 Å². The normalized spacial score (nSPS) is 15.8. The van der Waals surface area contributed by atoms with Gasteiger partial charge in [-0.05, 0) is 6.42 Å². The second-order valence-corrected chi connectivity index (χ2v) is 2.98. The third-order valence-electron chi connectivity index (χ3n) is 1.88. The van der Waals surface area contributed by atoms with Gasteiger partial charge in [0.1, 0.15) is 0 Å². The van der Waals surface area contributed by atoms with Gasteiger partial charge in [-0.1, -0.05) is 13.8 Å². The van der Waals surface area contributed by atoms with E-state index in [2.05, 4.69) is 19.8 Å². The van der Waals surface area contributed by atoms with Crippen LogP contribution in [0.15, 0.2) is 0 Å². The summed E-state index contributed by atoms with van der Waals surface area (Å²) >= 11 is 0. The molecule has 0 radical (unpaired) electrons. The minimum atomic E-state index is 0.184. The predicted molar refractivity (Wildman–Crippen MR) is 43.7 cm³/mol. The van der Waals surface area contributed by atoms with E-state index in [-0.39, 0.29) is 5.41 Å². The zero-order chi connectivity index (χ0) is 8.04. The minimum absolute atomic E-state index is 0.184. The molecule has 0 saturated carbocycles. The van der Waals surface area contributed by atoms with Crippen LogP contribution in [-0.2, 0) is 4.74 Å². The van der Waals surface area contributed by atoms with Crippen molar-refractivity contribution in [2.45, 2.75) is 26.7 Å². The molecule has 0 N–H and O–H groups in total. The average molecular weight is 140 g/mol. The van der Waals surface area contributed by atoms with E-state index in [0.29, 0.717) is 0 Å². The molecule has 0 heterocycles. The van der Waals surface area contributed by atoms with E-state index >= 15 is 0 Å². The molecule has 0 aromatic heterocycles. The molecule has 0 saturated heterocycles. The van der Waals surface area contributed by atoms with Gasteiger partial charge in [0, 0.05) is 18.9 Å². The first kappa shape index (κ1) is 9.52. The number of hydrogen-bond acceptors (Lipinski definition) is 1. The van der Waals surface area contributed by atoms with Crippen LogP contribution in [0.1, 0.15) is 26.7 Å². The third kappa shape index (κ3) is 2.89. The highest BCUT2D eigenvalue weighted by Gasteiger charge is 2.19. The summed E-state index contributed by atoms with van der Waals surface area (Å²) in [5, 5.41) is 0. The van der Waals surface area contributed by atoms with Crippen LogP contribution in [-0.4, -0.2) is 13.7 Å². The summed E-state index contributed by atoms with van der Waals surface area (Å²) in [4.78, 5) is 0. The van der Waals surface area contributed by atoms with Crippen molar-refractivity contribution >= 4 is 0 Å². The standard InChI is InChI=1S/C9H16O/c1-5-7-9(3,6-2)8-10-4/h1H,6-8H2,2-4H3. The molecule has 0 aromatic carbocycles. The fraction of sp³-hybridized carbons (Fsp3) is 0.778. The summed E-state index contributed by atoms with van der Waals surface area (Å²) in [7, 11) is 1.71. The fourth-order valence-electron chi connectivity index (χ4n) is 0.873. The zero-order valence-corrected chi connectivity index (χ0v) is 7.11. The van der Waals surface area contributed by atoms with Gasteiger partial charge in [-0.25, -0.2) is 0 Å². The summed E-state index contributed by atoms with van der Waals surface area (Å²) < 4.78 is 5.05. The molecule has 0 fully saturated rings. The van der Waals surface area contributed by atoms with Gasteiger partial charge in [-0.15, -0.1) is 12.3 Å². The van der Waals surface area contributed by atoms with E-state index in [0.717, 1.165) is 19.4 Å². The Kier molecular flexibility index (Phi) is 4.14. The SMILES string of the molecule is C#CCC(C)(CC)COC. The van der Waals surface area contributed by atoms with Gasteiger partial charge >= 0.3 is 0 Å². The van der Waals surface area contributed by atoms with Crippen molar-refractivity contribution in [1.29, 1.82) is 0 Å². The van der Waals surface area contributed by atoms with Crippen molar-refractivity contribution in [3.8, 4) is 12.3 Å². The first-order valence-electron chi connectivity index (χ1n) is 3.61. The van der Waals surface area contributed by atoms with E-state index in [4.69, 9.17) is 11.2 Å². The molecule has 1 unspecified atom stereocenters. The fourth-order valence-corrected chi connectivity index (χ4v) is 0.873. The van der Waals surface area contributed by atoms with Gasteiger partial charge in [0.25, 0.3) is 0 Å². The largest absolute Gasteiger partial charge is 0.384 e. The highest BCUT2D eigenvalue weighted by Crippen LogP contribution is 2.24. The summed E-state index contributed by atoms with van der Waals surface area (Å²) in [6, 6.07) is 0. The topological polar surface area (TPSA) is 9.23 Å². The molecule has 58 valence electrons. The number of rotatable bonds is 4. The molecule has 0 aliphatic carbocycles. The average Bonchev–Trinajstić information content (AvgIpc) is 1.89. The van der Waals surface area contributed by atoms with Gasteiger partial charge in [-0.3, -0.25) is 0 Å². The van der Waals surface area contributed by atoms with Crippen LogP contribution in [0.2, 0.25) is 0 Å². The molecule has 0 spiro atoms. The van der Waals surface area contributed by atoms with Crippen molar-refractivity contribution in [3.63, 3.8) is 0 Å². The van der Waals surface area contributed by atoms with E-state index in [1.807, 2.05) is 0 Å². The van der Waals surface area contributed by atoms with Gasteiger partial charge < -0.3 is 4.74 Å². The van der Waals surface area contributed by atoms with Gasteiger partial charge in [0.2, 0.25) is 0 Å². The molecule has 0 aliphatic heterocycles. The van der Waals surface area contributed by atoms with Crippen molar-refractivity contribution in [1.82, 2.24) is 0 Å². The first-order chi connectivity index (χ1) is 4.68. The lowest BCUT2D eigenvalue weighted by atomic mass is 9.85. The zero-order valence-electron chi connectivity index (χ0n) is 7.11. The first-order valence-corrected chi connectivity index (χ1v) is 3.61. The van der Waals surface area contributed by atoms with Crippen molar-refractivity contribution in [2.75, 3.05) is 13.7 Å². The summed E-state index contributed by atoms with van der Waals surface area (Å²) in [5.74, 6) is 2.66. The van der Waals surface area contributed by atoms with Crippen LogP contribution in [0.5, 0.6) is 0 Å². The molecular weight excluding hydrogens is 124 g/mol. The van der Waals surface area contributed by atoms with Gasteiger partial charge in [0.15, 0.2) is 0 Å². The molecular formula is C9H16O. The second kappa shape index (κ2) is 4.35. The van der Waals surface area contributed by atoms with Crippen LogP contribution in [0.4, 0.5) is 0 Å². The summed E-state index contributed by atoms with van der Waals surface area (Å²) in [5.41, 5.74) is 0.184. The third-order valence-corrected chi connectivity index (χ3v) is 1.88. The Morgan fingerprint density at radius 2 is 2.20 bits per heavy atom. The maximum Gasteiger partial charge on any atom is 0.0525 e.